The van der Waals surface area contributed by atoms with E-state index in [0.717, 1.165) is 18.0 Å². The molecule has 2 nitrogen and oxygen atoms in total. The highest BCUT2D eigenvalue weighted by Gasteiger charge is 2.17. The van der Waals surface area contributed by atoms with Crippen LogP contribution in [-0.2, 0) is 0 Å². The Kier molecular flexibility index (Phi) is 4.13. The summed E-state index contributed by atoms with van der Waals surface area (Å²) in [7, 11) is 1.75. The quantitative estimate of drug-likeness (QED) is 0.854. The van der Waals surface area contributed by atoms with Crippen LogP contribution in [0.2, 0.25) is 0 Å². The second kappa shape index (κ2) is 5.60. The van der Waals surface area contributed by atoms with Crippen molar-refractivity contribution in [2.75, 3.05) is 25.2 Å². The van der Waals surface area contributed by atoms with Gasteiger partial charge in [-0.3, -0.25) is 0 Å². The predicted molar refractivity (Wildman–Crippen MR) is 70.4 cm³/mol. The molecule has 2 rings (SSSR count). The first-order valence-electron chi connectivity index (χ1n) is 5.77. The van der Waals surface area contributed by atoms with Gasteiger partial charge in [-0.1, -0.05) is 17.7 Å². The minimum Gasteiger partial charge on any atom is -0.496 e. The van der Waals surface area contributed by atoms with Crippen molar-refractivity contribution in [3.05, 3.63) is 29.3 Å². The molecule has 3 heteroatoms. The van der Waals surface area contributed by atoms with Gasteiger partial charge in [0.2, 0.25) is 0 Å². The SMILES string of the molecule is COc1ccc(C)cc1C1CSCCCN1. The molecule has 1 aromatic carbocycles. The Morgan fingerprint density at radius 3 is 3.12 bits per heavy atom. The number of thioether (sulfide) groups is 1. The lowest BCUT2D eigenvalue weighted by atomic mass is 10.0. The van der Waals surface area contributed by atoms with Crippen LogP contribution in [0.5, 0.6) is 5.75 Å². The fourth-order valence-corrected chi connectivity index (χ4v) is 3.08. The third kappa shape index (κ3) is 2.71. The van der Waals surface area contributed by atoms with Crippen molar-refractivity contribution < 1.29 is 4.74 Å². The van der Waals surface area contributed by atoms with Crippen LogP contribution < -0.4 is 10.1 Å². The number of rotatable bonds is 2. The van der Waals surface area contributed by atoms with Gasteiger partial charge in [-0.2, -0.15) is 11.8 Å². The van der Waals surface area contributed by atoms with E-state index in [1.165, 1.54) is 23.3 Å². The third-order valence-electron chi connectivity index (χ3n) is 2.90. The van der Waals surface area contributed by atoms with Crippen molar-refractivity contribution >= 4 is 11.8 Å². The molecule has 1 N–H and O–H groups in total. The van der Waals surface area contributed by atoms with E-state index in [2.05, 4.69) is 30.4 Å². The molecule has 1 unspecified atom stereocenters. The van der Waals surface area contributed by atoms with Crippen LogP contribution in [0.15, 0.2) is 18.2 Å². The van der Waals surface area contributed by atoms with E-state index in [1.807, 2.05) is 11.8 Å². The lowest BCUT2D eigenvalue weighted by Gasteiger charge is -2.19. The highest BCUT2D eigenvalue weighted by atomic mass is 32.2. The maximum absolute atomic E-state index is 5.45. The molecule has 0 aromatic heterocycles. The van der Waals surface area contributed by atoms with Crippen LogP contribution in [0.25, 0.3) is 0 Å². The van der Waals surface area contributed by atoms with Gasteiger partial charge in [-0.25, -0.2) is 0 Å². The van der Waals surface area contributed by atoms with E-state index in [4.69, 9.17) is 4.74 Å². The average molecular weight is 237 g/mol. The molecule has 0 saturated carbocycles. The Labute approximate surface area is 102 Å². The van der Waals surface area contributed by atoms with E-state index >= 15 is 0 Å². The van der Waals surface area contributed by atoms with Gasteiger partial charge in [0.15, 0.2) is 0 Å². The van der Waals surface area contributed by atoms with Crippen LogP contribution >= 0.6 is 11.8 Å². The molecule has 1 atom stereocenters. The van der Waals surface area contributed by atoms with Gasteiger partial charge < -0.3 is 10.1 Å². The standard InChI is InChI=1S/C13H19NOS/c1-10-4-5-13(15-2)11(8-10)12-9-16-7-3-6-14-12/h4-5,8,12,14H,3,6-7,9H2,1-2H3. The molecule has 1 saturated heterocycles. The van der Waals surface area contributed by atoms with Gasteiger partial charge >= 0.3 is 0 Å². The number of nitrogens with one attached hydrogen (secondary N) is 1. The summed E-state index contributed by atoms with van der Waals surface area (Å²) < 4.78 is 5.45. The number of ether oxygens (including phenoxy) is 1. The summed E-state index contributed by atoms with van der Waals surface area (Å²) in [4.78, 5) is 0. The van der Waals surface area contributed by atoms with E-state index in [0.29, 0.717) is 6.04 Å². The van der Waals surface area contributed by atoms with Crippen molar-refractivity contribution in [3.63, 3.8) is 0 Å². The average Bonchev–Trinajstić information content (AvgIpc) is 2.57. The van der Waals surface area contributed by atoms with Crippen molar-refractivity contribution in [3.8, 4) is 5.75 Å². The Morgan fingerprint density at radius 2 is 2.31 bits per heavy atom. The minimum atomic E-state index is 0.433. The molecule has 0 aliphatic carbocycles. The van der Waals surface area contributed by atoms with Crippen molar-refractivity contribution in [2.45, 2.75) is 19.4 Å². The molecule has 1 aliphatic rings. The lowest BCUT2D eigenvalue weighted by molar-refractivity contribution is 0.402. The van der Waals surface area contributed by atoms with Crippen LogP contribution in [0.3, 0.4) is 0 Å². The zero-order valence-corrected chi connectivity index (χ0v) is 10.8. The monoisotopic (exact) mass is 237 g/mol. The van der Waals surface area contributed by atoms with Crippen molar-refractivity contribution in [1.82, 2.24) is 5.32 Å². The second-order valence-corrected chi connectivity index (χ2v) is 5.33. The maximum Gasteiger partial charge on any atom is 0.123 e. The highest BCUT2D eigenvalue weighted by Crippen LogP contribution is 2.29. The Bertz CT molecular complexity index is 346. The number of hydrogen-bond donors (Lipinski definition) is 1. The summed E-state index contributed by atoms with van der Waals surface area (Å²) in [5.41, 5.74) is 2.60. The molecule has 0 bridgehead atoms. The van der Waals surface area contributed by atoms with Gasteiger partial charge in [-0.15, -0.1) is 0 Å². The molecule has 0 radical (unpaired) electrons. The van der Waals surface area contributed by atoms with E-state index in [-0.39, 0.29) is 0 Å². The van der Waals surface area contributed by atoms with E-state index in [9.17, 15) is 0 Å². The number of hydrogen-bond acceptors (Lipinski definition) is 3. The normalized spacial score (nSPS) is 21.5. The molecule has 1 aliphatic heterocycles. The Hall–Kier alpha value is -0.670. The number of methoxy groups -OCH3 is 1. The lowest BCUT2D eigenvalue weighted by Crippen LogP contribution is -2.23. The summed E-state index contributed by atoms with van der Waals surface area (Å²) in [6.45, 7) is 3.24. The zero-order valence-electron chi connectivity index (χ0n) is 9.95. The van der Waals surface area contributed by atoms with E-state index in [1.54, 1.807) is 7.11 Å². The zero-order chi connectivity index (χ0) is 11.4. The summed E-state index contributed by atoms with van der Waals surface area (Å²) in [5.74, 6) is 3.41. The van der Waals surface area contributed by atoms with E-state index < -0.39 is 0 Å². The summed E-state index contributed by atoms with van der Waals surface area (Å²) >= 11 is 2.03. The van der Waals surface area contributed by atoms with Crippen LogP contribution in [-0.4, -0.2) is 25.2 Å². The third-order valence-corrected chi connectivity index (χ3v) is 4.05. The topological polar surface area (TPSA) is 21.3 Å². The molecule has 0 amide bonds. The summed E-state index contributed by atoms with van der Waals surface area (Å²) in [6, 6.07) is 6.85. The minimum absolute atomic E-state index is 0.433. The molecule has 1 fully saturated rings. The van der Waals surface area contributed by atoms with Crippen molar-refractivity contribution in [2.24, 2.45) is 0 Å². The van der Waals surface area contributed by atoms with Gasteiger partial charge in [0.1, 0.15) is 5.75 Å². The van der Waals surface area contributed by atoms with Crippen LogP contribution in [0.1, 0.15) is 23.6 Å². The first-order valence-corrected chi connectivity index (χ1v) is 6.92. The molecule has 16 heavy (non-hydrogen) atoms. The molecule has 88 valence electrons. The Balaban J connectivity index is 2.25. The number of benzene rings is 1. The second-order valence-electron chi connectivity index (χ2n) is 4.18. The van der Waals surface area contributed by atoms with Gasteiger partial charge in [-0.05, 0) is 31.7 Å². The first kappa shape index (κ1) is 11.8. The molecule has 1 heterocycles. The fraction of sp³-hybridized carbons (Fsp3) is 0.538. The van der Waals surface area contributed by atoms with Crippen molar-refractivity contribution in [1.29, 1.82) is 0 Å². The highest BCUT2D eigenvalue weighted by molar-refractivity contribution is 7.99. The smallest absolute Gasteiger partial charge is 0.123 e. The largest absolute Gasteiger partial charge is 0.496 e. The molecular weight excluding hydrogens is 218 g/mol. The van der Waals surface area contributed by atoms with Gasteiger partial charge in [0.25, 0.3) is 0 Å². The molecule has 0 spiro atoms. The van der Waals surface area contributed by atoms with Gasteiger partial charge in [0, 0.05) is 17.4 Å². The maximum atomic E-state index is 5.45. The Morgan fingerprint density at radius 1 is 1.44 bits per heavy atom. The first-order chi connectivity index (χ1) is 7.81. The number of aryl methyl sites for hydroxylation is 1. The fourth-order valence-electron chi connectivity index (χ4n) is 2.04. The summed E-state index contributed by atoms with van der Waals surface area (Å²) in [5, 5.41) is 3.60. The summed E-state index contributed by atoms with van der Waals surface area (Å²) in [6.07, 6.45) is 1.26. The van der Waals surface area contributed by atoms with Gasteiger partial charge in [0.05, 0.1) is 7.11 Å². The molecular formula is C13H19NOS. The van der Waals surface area contributed by atoms with Crippen LogP contribution in [0.4, 0.5) is 0 Å². The predicted octanol–water partition coefficient (Wildman–Crippen LogP) is 2.77. The van der Waals surface area contributed by atoms with Crippen LogP contribution in [0, 0.1) is 6.92 Å². The molecule has 1 aromatic rings.